The molecule has 0 saturated heterocycles. The molecule has 352 valence electrons. The van der Waals surface area contributed by atoms with E-state index in [2.05, 4.69) is 65.6 Å². The minimum absolute atomic E-state index is 0.0188. The van der Waals surface area contributed by atoms with Crippen molar-refractivity contribution in [2.45, 2.75) is 24.7 Å². The lowest BCUT2D eigenvalue weighted by atomic mass is 9.71. The van der Waals surface area contributed by atoms with Crippen molar-refractivity contribution in [3.05, 3.63) is 233 Å². The Bertz CT molecular complexity index is 3370. The molecule has 0 N–H and O–H groups in total. The van der Waals surface area contributed by atoms with E-state index in [0.29, 0.717) is 39.8 Å². The number of amides is 4. The van der Waals surface area contributed by atoms with Crippen molar-refractivity contribution >= 4 is 63.4 Å². The maximum absolute atomic E-state index is 15.3. The van der Waals surface area contributed by atoms with Crippen LogP contribution in [0.3, 0.4) is 0 Å². The van der Waals surface area contributed by atoms with Gasteiger partial charge in [0.15, 0.2) is 0 Å². The molecule has 0 aromatic heterocycles. The van der Waals surface area contributed by atoms with Gasteiger partial charge in [0, 0.05) is 41.2 Å². The SMILES string of the molecule is Cc1ccc(N(c2ccccc2)c2ccc(-c3ccc(N(c4ccccc4)c4ccc(N5C(=O)c6ccc(C(c7ccc8c(c7)C(=O)N(C)C8=O)(C(F)(F)F)C(F)(F)F)cc6C5=O)cc4)cc3)cc2)cc1. The van der Waals surface area contributed by atoms with Crippen LogP contribution >= 0.6 is 0 Å². The summed E-state index contributed by atoms with van der Waals surface area (Å²) in [5.41, 5.74) is -1.39. The molecule has 0 aliphatic carbocycles. The lowest BCUT2D eigenvalue weighted by molar-refractivity contribution is -0.288. The Balaban J connectivity index is 0.942. The summed E-state index contributed by atoms with van der Waals surface area (Å²) < 4.78 is 91.5. The molecule has 71 heavy (non-hydrogen) atoms. The highest BCUT2D eigenvalue weighted by atomic mass is 19.4. The normalized spacial score (nSPS) is 13.7. The van der Waals surface area contributed by atoms with Gasteiger partial charge in [-0.05, 0) is 138 Å². The first kappa shape index (κ1) is 46.0. The third-order valence-electron chi connectivity index (χ3n) is 13.0. The van der Waals surface area contributed by atoms with Crippen LogP contribution in [0.2, 0.25) is 0 Å². The van der Waals surface area contributed by atoms with Gasteiger partial charge in [-0.15, -0.1) is 0 Å². The lowest BCUT2D eigenvalue weighted by Crippen LogP contribution is -2.55. The molecular formula is C57H38F6N4O4. The topological polar surface area (TPSA) is 81.2 Å². The summed E-state index contributed by atoms with van der Waals surface area (Å²) in [6.07, 6.45) is -12.2. The van der Waals surface area contributed by atoms with Gasteiger partial charge < -0.3 is 9.80 Å². The first-order valence-corrected chi connectivity index (χ1v) is 22.2. The number of aryl methyl sites for hydroxylation is 1. The maximum atomic E-state index is 15.3. The predicted octanol–water partition coefficient (Wildman–Crippen LogP) is 14.0. The van der Waals surface area contributed by atoms with Gasteiger partial charge in [-0.1, -0.05) is 90.5 Å². The van der Waals surface area contributed by atoms with Crippen molar-refractivity contribution in [2.75, 3.05) is 21.7 Å². The molecule has 0 radical (unpaired) electrons. The summed E-state index contributed by atoms with van der Waals surface area (Å²) in [7, 11) is 1.05. The van der Waals surface area contributed by atoms with Crippen LogP contribution < -0.4 is 14.7 Å². The third kappa shape index (κ3) is 7.68. The summed E-state index contributed by atoms with van der Waals surface area (Å²) in [5.74, 6) is -4.05. The van der Waals surface area contributed by atoms with E-state index in [9.17, 15) is 19.2 Å². The molecule has 2 heterocycles. The van der Waals surface area contributed by atoms with Crippen molar-refractivity contribution in [3.63, 3.8) is 0 Å². The fourth-order valence-electron chi connectivity index (χ4n) is 9.38. The van der Waals surface area contributed by atoms with Gasteiger partial charge in [0.2, 0.25) is 5.41 Å². The minimum atomic E-state index is -6.09. The molecule has 14 heteroatoms. The van der Waals surface area contributed by atoms with Crippen LogP contribution in [0.4, 0.5) is 66.2 Å². The van der Waals surface area contributed by atoms with Crippen molar-refractivity contribution in [1.29, 1.82) is 0 Å². The van der Waals surface area contributed by atoms with E-state index in [1.165, 1.54) is 12.1 Å². The first-order valence-electron chi connectivity index (χ1n) is 22.2. The average Bonchev–Trinajstić information content (AvgIpc) is 3.74. The number of para-hydroxylation sites is 2. The molecular weight excluding hydrogens is 919 g/mol. The zero-order valence-corrected chi connectivity index (χ0v) is 37.7. The van der Waals surface area contributed by atoms with Gasteiger partial charge in [0.25, 0.3) is 23.6 Å². The third-order valence-corrected chi connectivity index (χ3v) is 13.0. The molecule has 10 rings (SSSR count). The number of fused-ring (bicyclic) bond motifs is 2. The second-order valence-corrected chi connectivity index (χ2v) is 17.2. The lowest BCUT2D eigenvalue weighted by Gasteiger charge is -2.38. The second-order valence-electron chi connectivity index (χ2n) is 17.2. The Morgan fingerprint density at radius 3 is 1.14 bits per heavy atom. The number of hydrogen-bond donors (Lipinski definition) is 0. The van der Waals surface area contributed by atoms with Crippen LogP contribution in [0.15, 0.2) is 194 Å². The van der Waals surface area contributed by atoms with Gasteiger partial charge in [-0.25, -0.2) is 4.90 Å². The monoisotopic (exact) mass is 956 g/mol. The van der Waals surface area contributed by atoms with Gasteiger partial charge in [-0.3, -0.25) is 24.1 Å². The first-order chi connectivity index (χ1) is 34.0. The van der Waals surface area contributed by atoms with Crippen LogP contribution in [0.1, 0.15) is 58.1 Å². The molecule has 0 bridgehead atoms. The highest BCUT2D eigenvalue weighted by Gasteiger charge is 2.73. The van der Waals surface area contributed by atoms with Crippen LogP contribution in [-0.4, -0.2) is 47.9 Å². The van der Waals surface area contributed by atoms with Gasteiger partial charge in [0.05, 0.1) is 27.9 Å². The van der Waals surface area contributed by atoms with Crippen LogP contribution in [0, 0.1) is 6.92 Å². The number of alkyl halides is 6. The zero-order chi connectivity index (χ0) is 50.0. The highest BCUT2D eigenvalue weighted by Crippen LogP contribution is 2.57. The Kier molecular flexibility index (Phi) is 11.2. The van der Waals surface area contributed by atoms with E-state index >= 15 is 26.3 Å². The molecule has 0 spiro atoms. The number of hydrogen-bond acceptors (Lipinski definition) is 6. The number of carbonyl (C=O) groups is 4. The quantitative estimate of drug-likeness (QED) is 0.100. The molecule has 8 aromatic carbocycles. The maximum Gasteiger partial charge on any atom is 0.411 e. The summed E-state index contributed by atoms with van der Waals surface area (Å²) in [6.45, 7) is 2.05. The fourth-order valence-corrected chi connectivity index (χ4v) is 9.38. The van der Waals surface area contributed by atoms with E-state index in [1.54, 1.807) is 12.1 Å². The van der Waals surface area contributed by atoms with Gasteiger partial charge in [-0.2, -0.15) is 26.3 Å². The van der Waals surface area contributed by atoms with Crippen LogP contribution in [0.5, 0.6) is 0 Å². The summed E-state index contributed by atoms with van der Waals surface area (Å²) in [5, 5.41) is 0. The van der Waals surface area contributed by atoms with E-state index in [0.717, 1.165) is 64.3 Å². The molecule has 4 amide bonds. The fraction of sp³-hybridized carbons (Fsp3) is 0.0877. The molecule has 2 aliphatic heterocycles. The Labute approximate surface area is 403 Å². The molecule has 8 nitrogen and oxygen atoms in total. The average molecular weight is 957 g/mol. The number of benzene rings is 8. The molecule has 0 fully saturated rings. The van der Waals surface area contributed by atoms with Crippen LogP contribution in [-0.2, 0) is 5.41 Å². The van der Waals surface area contributed by atoms with Crippen molar-refractivity contribution in [3.8, 4) is 11.1 Å². The number of nitrogens with zero attached hydrogens (tertiary/aromatic N) is 4. The Morgan fingerprint density at radius 2 is 0.718 bits per heavy atom. The number of imide groups is 2. The second kappa shape index (κ2) is 17.3. The highest BCUT2D eigenvalue weighted by molar-refractivity contribution is 6.34. The van der Waals surface area contributed by atoms with E-state index in [1.807, 2.05) is 84.6 Å². The predicted molar refractivity (Wildman–Crippen MR) is 259 cm³/mol. The molecule has 0 saturated carbocycles. The summed E-state index contributed by atoms with van der Waals surface area (Å²) in [6, 6.07) is 53.6. The molecule has 8 aromatic rings. The Morgan fingerprint density at radius 1 is 0.380 bits per heavy atom. The van der Waals surface area contributed by atoms with Gasteiger partial charge in [0.1, 0.15) is 0 Å². The number of halogens is 6. The smallest absolute Gasteiger partial charge is 0.311 e. The Hall–Kier alpha value is -8.78. The van der Waals surface area contributed by atoms with Crippen molar-refractivity contribution in [2.24, 2.45) is 0 Å². The van der Waals surface area contributed by atoms with Gasteiger partial charge >= 0.3 is 12.4 Å². The number of carbonyl (C=O) groups excluding carboxylic acids is 4. The number of anilines is 7. The molecule has 2 aliphatic rings. The van der Waals surface area contributed by atoms with Crippen molar-refractivity contribution < 1.29 is 45.5 Å². The minimum Gasteiger partial charge on any atom is -0.311 e. The zero-order valence-electron chi connectivity index (χ0n) is 37.7. The molecule has 0 atom stereocenters. The number of rotatable bonds is 10. The summed E-state index contributed by atoms with van der Waals surface area (Å²) in [4.78, 5) is 58.5. The largest absolute Gasteiger partial charge is 0.411 e. The standard InChI is InChI=1S/C57H38F6N4O4/c1-35-13-21-42(22-14-35)65(40-9-5-3-6-10-40)43-23-15-36(16-24-43)37-17-25-44(26-18-37)66(41-11-7-4-8-12-41)45-27-29-46(30-28-45)67-53(70)48-32-20-39(34-50(48)54(67)71)55(56(58,59)60,57(61,62)63)38-19-31-47-49(33-38)52(69)64(2)51(47)68/h3-34H,1-2H3. The molecule has 0 unspecified atom stereocenters. The van der Waals surface area contributed by atoms with Crippen molar-refractivity contribution in [1.82, 2.24) is 4.90 Å². The van der Waals surface area contributed by atoms with E-state index in [-0.39, 0.29) is 11.3 Å². The van der Waals surface area contributed by atoms with E-state index in [4.69, 9.17) is 0 Å². The van der Waals surface area contributed by atoms with Crippen LogP contribution in [0.25, 0.3) is 11.1 Å². The summed E-state index contributed by atoms with van der Waals surface area (Å²) >= 11 is 0. The van der Waals surface area contributed by atoms with E-state index < -0.39 is 69.2 Å².